The number of benzene rings is 2. The van der Waals surface area contributed by atoms with Crippen LogP contribution in [0.25, 0.3) is 38.9 Å². The molecule has 0 saturated heterocycles. The fourth-order valence-corrected chi connectivity index (χ4v) is 4.59. The molecule has 0 atom stereocenters. The molecule has 0 spiro atoms. The Balaban J connectivity index is 1.70. The third-order valence-electron chi connectivity index (χ3n) is 6.46. The van der Waals surface area contributed by atoms with Crippen LogP contribution in [0.1, 0.15) is 12.8 Å². The van der Waals surface area contributed by atoms with Crippen LogP contribution in [0.15, 0.2) is 74.9 Å². The van der Waals surface area contributed by atoms with Crippen LogP contribution in [0.3, 0.4) is 0 Å². The van der Waals surface area contributed by atoms with Crippen LogP contribution >= 0.6 is 11.6 Å². The van der Waals surface area contributed by atoms with E-state index in [0.29, 0.717) is 40.0 Å². The normalized spacial score (nSPS) is 14.3. The number of aromatic nitrogens is 3. The fraction of sp³-hybridized carbons (Fsp3) is 0.154. The molecule has 7 nitrogen and oxygen atoms in total. The number of rotatable bonds is 4. The van der Waals surface area contributed by atoms with Gasteiger partial charge in [0.25, 0.3) is 0 Å². The quantitative estimate of drug-likeness (QED) is 0.354. The Kier molecular flexibility index (Phi) is 4.66. The monoisotopic (exact) mass is 486 g/mol. The molecule has 1 aliphatic rings. The van der Waals surface area contributed by atoms with Crippen molar-refractivity contribution in [3.8, 4) is 23.1 Å². The molecule has 0 N–H and O–H groups in total. The average Bonchev–Trinajstić information content (AvgIpc) is 3.50. The van der Waals surface area contributed by atoms with Gasteiger partial charge in [-0.3, -0.25) is 14.3 Å². The summed E-state index contributed by atoms with van der Waals surface area (Å²) in [6.07, 6.45) is 4.16. The van der Waals surface area contributed by atoms with Crippen molar-refractivity contribution in [1.29, 1.82) is 5.26 Å². The Bertz CT molecular complexity index is 1830. The number of hydrogen-bond acceptors (Lipinski definition) is 5. The van der Waals surface area contributed by atoms with E-state index in [2.05, 4.69) is 11.1 Å². The minimum absolute atomic E-state index is 0.0679. The average molecular weight is 487 g/mol. The molecule has 3 heterocycles. The van der Waals surface area contributed by atoms with E-state index in [1.54, 1.807) is 30.3 Å². The van der Waals surface area contributed by atoms with Crippen molar-refractivity contribution in [3.63, 3.8) is 0 Å². The van der Waals surface area contributed by atoms with Crippen molar-refractivity contribution in [2.45, 2.75) is 19.4 Å². The summed E-state index contributed by atoms with van der Waals surface area (Å²) in [5.74, 6) is -0.197. The summed E-state index contributed by atoms with van der Waals surface area (Å²) in [6, 6.07) is 14.9. The highest BCUT2D eigenvalue weighted by Gasteiger charge is 2.44. The highest BCUT2D eigenvalue weighted by molar-refractivity contribution is 6.33. The van der Waals surface area contributed by atoms with Gasteiger partial charge in [-0.25, -0.2) is 13.8 Å². The Morgan fingerprint density at radius 3 is 2.69 bits per heavy atom. The predicted octanol–water partition coefficient (Wildman–Crippen LogP) is 5.06. The molecule has 5 aromatic rings. The summed E-state index contributed by atoms with van der Waals surface area (Å²) in [5.41, 5.74) is -1.16. The Morgan fingerprint density at radius 1 is 1.14 bits per heavy atom. The first kappa shape index (κ1) is 21.3. The molecule has 172 valence electrons. The van der Waals surface area contributed by atoms with Crippen LogP contribution in [0, 0.1) is 22.6 Å². The summed E-state index contributed by atoms with van der Waals surface area (Å²) in [5, 5.41) is 11.0. The van der Waals surface area contributed by atoms with Crippen LogP contribution in [0.2, 0.25) is 5.02 Å². The molecule has 6 rings (SSSR count). The second-order valence-corrected chi connectivity index (χ2v) is 9.14. The van der Waals surface area contributed by atoms with Gasteiger partial charge in [-0.1, -0.05) is 23.7 Å². The van der Waals surface area contributed by atoms with Gasteiger partial charge in [-0.15, -0.1) is 0 Å². The maximum Gasteiger partial charge on any atom is 0.336 e. The van der Waals surface area contributed by atoms with Gasteiger partial charge in [0, 0.05) is 35.1 Å². The third kappa shape index (κ3) is 3.35. The Labute approximate surface area is 202 Å². The lowest BCUT2D eigenvalue weighted by atomic mass is 10.1. The predicted molar refractivity (Wildman–Crippen MR) is 129 cm³/mol. The van der Waals surface area contributed by atoms with E-state index in [0.717, 1.165) is 4.57 Å². The molecular formula is C26H16ClFN4O3. The van der Waals surface area contributed by atoms with Crippen molar-refractivity contribution in [3.05, 3.63) is 92.6 Å². The summed E-state index contributed by atoms with van der Waals surface area (Å²) in [4.78, 5) is 31.6. The lowest BCUT2D eigenvalue weighted by molar-refractivity contribution is 0.509. The molecule has 35 heavy (non-hydrogen) atoms. The van der Waals surface area contributed by atoms with Crippen molar-refractivity contribution in [2.24, 2.45) is 5.41 Å². The van der Waals surface area contributed by atoms with Crippen LogP contribution in [-0.4, -0.2) is 14.1 Å². The number of nitrogens with zero attached hydrogens (tertiary/aromatic N) is 4. The number of halogens is 2. The van der Waals surface area contributed by atoms with E-state index in [4.69, 9.17) is 16.0 Å². The maximum absolute atomic E-state index is 14.1. The molecule has 0 radical (unpaired) electrons. The largest absolute Gasteiger partial charge is 0.449 e. The second-order valence-electron chi connectivity index (χ2n) is 8.73. The zero-order valence-corrected chi connectivity index (χ0v) is 18.9. The van der Waals surface area contributed by atoms with Gasteiger partial charge in [-0.05, 0) is 43.2 Å². The van der Waals surface area contributed by atoms with Gasteiger partial charge in [0.1, 0.15) is 11.6 Å². The Hall–Kier alpha value is -4.22. The van der Waals surface area contributed by atoms with Crippen molar-refractivity contribution in [1.82, 2.24) is 14.1 Å². The summed E-state index contributed by atoms with van der Waals surface area (Å²) < 4.78 is 22.4. The lowest BCUT2D eigenvalue weighted by Gasteiger charge is -2.14. The van der Waals surface area contributed by atoms with Gasteiger partial charge in [-0.2, -0.15) is 5.26 Å². The van der Waals surface area contributed by atoms with Crippen LogP contribution < -0.4 is 11.2 Å². The highest BCUT2D eigenvalue weighted by Crippen LogP contribution is 2.46. The maximum atomic E-state index is 14.1. The summed E-state index contributed by atoms with van der Waals surface area (Å²) >= 11 is 6.34. The van der Waals surface area contributed by atoms with E-state index < -0.39 is 22.5 Å². The molecular weight excluding hydrogens is 471 g/mol. The fourth-order valence-electron chi connectivity index (χ4n) is 4.36. The number of fused-ring (bicyclic) bond motifs is 2. The molecule has 1 fully saturated rings. The van der Waals surface area contributed by atoms with Crippen molar-refractivity contribution in [2.75, 3.05) is 0 Å². The number of nitriles is 1. The number of furan rings is 1. The second kappa shape index (κ2) is 7.65. The SMILES string of the molecule is N#CC1(Cn2c(=O)n(-c3cncc4ccc(F)cc34)c(=O)c3oc(-c4ccccc4Cl)cc32)CC1. The number of hydrogen-bond donors (Lipinski definition) is 0. The first-order valence-corrected chi connectivity index (χ1v) is 11.3. The third-order valence-corrected chi connectivity index (χ3v) is 6.79. The van der Waals surface area contributed by atoms with Gasteiger partial charge in [0.05, 0.1) is 33.9 Å². The van der Waals surface area contributed by atoms with Gasteiger partial charge in [0.2, 0.25) is 5.58 Å². The standard InChI is InChI=1S/C26H16ClFN4O3/c27-19-4-2-1-3-17(19)22-10-20-23(35-22)24(33)32(25(34)31(20)14-26(13-29)7-8-26)21-12-30-11-15-5-6-16(28)9-18(15)21/h1-6,9-12H,7-8,14H2. The summed E-state index contributed by atoms with van der Waals surface area (Å²) in [7, 11) is 0. The molecule has 1 aliphatic carbocycles. The number of pyridine rings is 1. The van der Waals surface area contributed by atoms with Crippen LogP contribution in [-0.2, 0) is 6.54 Å². The van der Waals surface area contributed by atoms with Gasteiger partial charge < -0.3 is 4.42 Å². The highest BCUT2D eigenvalue weighted by atomic mass is 35.5. The molecule has 0 unspecified atom stereocenters. The molecule has 0 amide bonds. The van der Waals surface area contributed by atoms with Gasteiger partial charge >= 0.3 is 11.2 Å². The van der Waals surface area contributed by atoms with E-state index in [-0.39, 0.29) is 23.3 Å². The lowest BCUT2D eigenvalue weighted by Crippen LogP contribution is -2.40. The zero-order valence-electron chi connectivity index (χ0n) is 18.2. The summed E-state index contributed by atoms with van der Waals surface area (Å²) in [6.45, 7) is 0.0904. The molecule has 3 aromatic heterocycles. The minimum atomic E-state index is -0.708. The molecule has 0 aliphatic heterocycles. The molecule has 0 bridgehead atoms. The van der Waals surface area contributed by atoms with Gasteiger partial charge in [0.15, 0.2) is 0 Å². The van der Waals surface area contributed by atoms with Crippen molar-refractivity contribution >= 4 is 33.5 Å². The van der Waals surface area contributed by atoms with E-state index >= 15 is 0 Å². The van der Waals surface area contributed by atoms with Crippen LogP contribution in [0.5, 0.6) is 0 Å². The smallest absolute Gasteiger partial charge is 0.336 e. The Morgan fingerprint density at radius 2 is 1.94 bits per heavy atom. The van der Waals surface area contributed by atoms with E-state index in [1.165, 1.54) is 35.2 Å². The molecule has 2 aromatic carbocycles. The first-order valence-electron chi connectivity index (χ1n) is 10.9. The topological polar surface area (TPSA) is 93.8 Å². The zero-order chi connectivity index (χ0) is 24.3. The van der Waals surface area contributed by atoms with Crippen molar-refractivity contribution < 1.29 is 8.81 Å². The van der Waals surface area contributed by atoms with E-state index in [9.17, 15) is 19.2 Å². The van der Waals surface area contributed by atoms with E-state index in [1.807, 2.05) is 0 Å². The first-order chi connectivity index (χ1) is 16.9. The molecule has 1 saturated carbocycles. The van der Waals surface area contributed by atoms with Crippen LogP contribution in [0.4, 0.5) is 4.39 Å². The molecule has 9 heteroatoms. The minimum Gasteiger partial charge on any atom is -0.449 e.